The highest BCUT2D eigenvalue weighted by atomic mass is 16.5. The number of anilines is 2. The molecule has 19 heavy (non-hydrogen) atoms. The maximum atomic E-state index is 5.63. The Kier molecular flexibility index (Phi) is 4.69. The minimum Gasteiger partial charge on any atom is -0.464 e. The van der Waals surface area contributed by atoms with Gasteiger partial charge in [-0.05, 0) is 13.3 Å². The van der Waals surface area contributed by atoms with Crippen LogP contribution < -0.4 is 20.9 Å². The second-order valence-corrected chi connectivity index (χ2v) is 4.17. The van der Waals surface area contributed by atoms with Gasteiger partial charge in [-0.25, -0.2) is 5.84 Å². The third kappa shape index (κ3) is 3.42. The molecule has 8 nitrogen and oxygen atoms in total. The van der Waals surface area contributed by atoms with Gasteiger partial charge >= 0.3 is 6.01 Å². The number of nitrogens with two attached hydrogens (primary N) is 1. The van der Waals surface area contributed by atoms with E-state index in [0.29, 0.717) is 25.1 Å². The number of nitrogens with one attached hydrogen (secondary N) is 1. The molecule has 0 radical (unpaired) electrons. The van der Waals surface area contributed by atoms with Gasteiger partial charge < -0.3 is 14.4 Å². The van der Waals surface area contributed by atoms with Gasteiger partial charge in [0.1, 0.15) is 0 Å². The van der Waals surface area contributed by atoms with Gasteiger partial charge in [-0.3, -0.25) is 5.43 Å². The highest BCUT2D eigenvalue weighted by Gasteiger charge is 2.22. The Bertz CT molecular complexity index is 416. The van der Waals surface area contributed by atoms with E-state index in [1.807, 2.05) is 6.92 Å². The molecule has 1 saturated heterocycles. The quantitative estimate of drug-likeness (QED) is 0.576. The van der Waals surface area contributed by atoms with Gasteiger partial charge in [-0.1, -0.05) is 6.92 Å². The first-order valence-corrected chi connectivity index (χ1v) is 6.48. The van der Waals surface area contributed by atoms with Crippen molar-refractivity contribution in [2.75, 3.05) is 36.6 Å². The first-order chi connectivity index (χ1) is 9.26. The summed E-state index contributed by atoms with van der Waals surface area (Å²) in [6.45, 7) is 6.64. The molecule has 0 bridgehead atoms. The van der Waals surface area contributed by atoms with Gasteiger partial charge in [0, 0.05) is 13.1 Å². The third-order valence-electron chi connectivity index (χ3n) is 2.88. The Hall–Kier alpha value is -1.67. The van der Waals surface area contributed by atoms with E-state index >= 15 is 0 Å². The van der Waals surface area contributed by atoms with E-state index < -0.39 is 0 Å². The number of hydrogen-bond acceptors (Lipinski definition) is 8. The topological polar surface area (TPSA) is 98.4 Å². The zero-order valence-corrected chi connectivity index (χ0v) is 11.3. The van der Waals surface area contributed by atoms with Crippen molar-refractivity contribution in [3.8, 4) is 6.01 Å². The van der Waals surface area contributed by atoms with Crippen molar-refractivity contribution in [3.63, 3.8) is 0 Å². The van der Waals surface area contributed by atoms with Crippen LogP contribution in [0.2, 0.25) is 0 Å². The second kappa shape index (κ2) is 6.48. The molecule has 106 valence electrons. The van der Waals surface area contributed by atoms with Crippen molar-refractivity contribution in [2.24, 2.45) is 5.84 Å². The third-order valence-corrected chi connectivity index (χ3v) is 2.88. The lowest BCUT2D eigenvalue weighted by Gasteiger charge is -2.32. The fourth-order valence-corrected chi connectivity index (χ4v) is 1.89. The summed E-state index contributed by atoms with van der Waals surface area (Å²) in [6.07, 6.45) is 1.16. The summed E-state index contributed by atoms with van der Waals surface area (Å²) in [6, 6.07) is 0.278. The van der Waals surface area contributed by atoms with Crippen LogP contribution in [0.15, 0.2) is 0 Å². The molecule has 1 aromatic rings. The molecule has 3 N–H and O–H groups in total. The van der Waals surface area contributed by atoms with Crippen molar-refractivity contribution in [1.29, 1.82) is 0 Å². The van der Waals surface area contributed by atoms with Crippen molar-refractivity contribution in [1.82, 2.24) is 15.0 Å². The summed E-state index contributed by atoms with van der Waals surface area (Å²) in [5.41, 5.74) is 2.43. The summed E-state index contributed by atoms with van der Waals surface area (Å²) in [5, 5.41) is 0. The van der Waals surface area contributed by atoms with E-state index in [2.05, 4.69) is 32.2 Å². The maximum absolute atomic E-state index is 5.63. The molecule has 2 heterocycles. The predicted molar refractivity (Wildman–Crippen MR) is 71.1 cm³/mol. The minimum absolute atomic E-state index is 0.204. The first kappa shape index (κ1) is 13.8. The maximum Gasteiger partial charge on any atom is 0.323 e. The molecule has 0 saturated carbocycles. The van der Waals surface area contributed by atoms with Crippen LogP contribution in [0.3, 0.4) is 0 Å². The Morgan fingerprint density at radius 1 is 1.42 bits per heavy atom. The smallest absolute Gasteiger partial charge is 0.323 e. The van der Waals surface area contributed by atoms with E-state index in [1.165, 1.54) is 0 Å². The summed E-state index contributed by atoms with van der Waals surface area (Å²) in [7, 11) is 0. The van der Waals surface area contributed by atoms with Gasteiger partial charge in [0.05, 0.1) is 19.3 Å². The van der Waals surface area contributed by atoms with Crippen molar-refractivity contribution >= 4 is 11.9 Å². The van der Waals surface area contributed by atoms with Gasteiger partial charge in [-0.2, -0.15) is 15.0 Å². The van der Waals surface area contributed by atoms with Crippen LogP contribution in [0.4, 0.5) is 11.9 Å². The van der Waals surface area contributed by atoms with Crippen LogP contribution in [0.5, 0.6) is 6.01 Å². The molecule has 0 aliphatic carbocycles. The van der Waals surface area contributed by atoms with Crippen LogP contribution in [0.1, 0.15) is 20.3 Å². The van der Waals surface area contributed by atoms with Crippen LogP contribution >= 0.6 is 0 Å². The molecule has 1 fully saturated rings. The molecule has 1 unspecified atom stereocenters. The zero-order valence-electron chi connectivity index (χ0n) is 11.3. The van der Waals surface area contributed by atoms with E-state index in [4.69, 9.17) is 15.3 Å². The normalized spacial score (nSPS) is 19.3. The minimum atomic E-state index is 0.204. The average Bonchev–Trinajstić information content (AvgIpc) is 2.47. The molecule has 0 aromatic carbocycles. The zero-order chi connectivity index (χ0) is 13.7. The monoisotopic (exact) mass is 268 g/mol. The van der Waals surface area contributed by atoms with E-state index in [9.17, 15) is 0 Å². The number of rotatable bonds is 5. The lowest BCUT2D eigenvalue weighted by molar-refractivity contribution is 0.0378. The van der Waals surface area contributed by atoms with Crippen LogP contribution in [-0.4, -0.2) is 47.4 Å². The van der Waals surface area contributed by atoms with Crippen molar-refractivity contribution in [2.45, 2.75) is 26.4 Å². The summed E-state index contributed by atoms with van der Waals surface area (Å²) in [5.74, 6) is 6.23. The van der Waals surface area contributed by atoms with Gasteiger partial charge in [0.2, 0.25) is 11.9 Å². The molecule has 1 aliphatic rings. The number of nitrogens with zero attached hydrogens (tertiary/aromatic N) is 4. The van der Waals surface area contributed by atoms with Crippen molar-refractivity contribution < 1.29 is 9.47 Å². The Morgan fingerprint density at radius 3 is 2.95 bits per heavy atom. The Labute approximate surface area is 112 Å². The molecule has 1 atom stereocenters. The van der Waals surface area contributed by atoms with E-state index in [0.717, 1.165) is 19.5 Å². The molecule has 8 heteroatoms. The Morgan fingerprint density at radius 2 is 2.26 bits per heavy atom. The number of hydrazine groups is 1. The van der Waals surface area contributed by atoms with Gasteiger partial charge in [-0.15, -0.1) is 0 Å². The number of nitrogen functional groups attached to an aromatic ring is 1. The summed E-state index contributed by atoms with van der Waals surface area (Å²) in [4.78, 5) is 14.6. The summed E-state index contributed by atoms with van der Waals surface area (Å²) >= 11 is 0. The van der Waals surface area contributed by atoms with E-state index in [-0.39, 0.29) is 12.1 Å². The molecule has 2 rings (SSSR count). The molecular formula is C11H20N6O2. The van der Waals surface area contributed by atoms with Gasteiger partial charge in [0.15, 0.2) is 0 Å². The largest absolute Gasteiger partial charge is 0.464 e. The average molecular weight is 268 g/mol. The lowest BCUT2D eigenvalue weighted by Crippen LogP contribution is -2.43. The lowest BCUT2D eigenvalue weighted by atomic mass is 10.2. The number of morpholine rings is 1. The highest BCUT2D eigenvalue weighted by molar-refractivity contribution is 5.38. The van der Waals surface area contributed by atoms with Crippen LogP contribution in [-0.2, 0) is 4.74 Å². The van der Waals surface area contributed by atoms with Crippen LogP contribution in [0.25, 0.3) is 0 Å². The van der Waals surface area contributed by atoms with E-state index in [1.54, 1.807) is 0 Å². The standard InChI is InChI=1S/C11H20N6O2/c1-3-8-7-17(5-6-19-8)10-13-9(16-12)14-11(15-10)18-4-2/h8H,3-7,12H2,1-2H3,(H,13,14,15,16). The van der Waals surface area contributed by atoms with Gasteiger partial charge in [0.25, 0.3) is 0 Å². The second-order valence-electron chi connectivity index (χ2n) is 4.17. The molecule has 0 amide bonds. The SMILES string of the molecule is CCOc1nc(NN)nc(N2CCOC(CC)C2)n1. The first-order valence-electron chi connectivity index (χ1n) is 6.48. The number of ether oxygens (including phenoxy) is 2. The fourth-order valence-electron chi connectivity index (χ4n) is 1.89. The molecule has 1 aliphatic heterocycles. The van der Waals surface area contributed by atoms with Crippen molar-refractivity contribution in [3.05, 3.63) is 0 Å². The Balaban J connectivity index is 2.19. The number of aromatic nitrogens is 3. The molecular weight excluding hydrogens is 248 g/mol. The fraction of sp³-hybridized carbons (Fsp3) is 0.727. The van der Waals surface area contributed by atoms with Crippen LogP contribution in [0, 0.1) is 0 Å². The summed E-state index contributed by atoms with van der Waals surface area (Å²) < 4.78 is 10.9. The highest BCUT2D eigenvalue weighted by Crippen LogP contribution is 2.18. The predicted octanol–water partition coefficient (Wildman–Crippen LogP) is 0.171. The molecule has 1 aromatic heterocycles. The molecule has 0 spiro atoms. The number of hydrogen-bond donors (Lipinski definition) is 2.